The van der Waals surface area contributed by atoms with Crippen LogP contribution >= 0.6 is 0 Å². The number of rotatable bonds is 1. The van der Waals surface area contributed by atoms with Crippen LogP contribution in [0.4, 0.5) is 0 Å². The molecule has 23 heavy (non-hydrogen) atoms. The van der Waals surface area contributed by atoms with Crippen LogP contribution in [0.2, 0.25) is 0 Å². The number of hydrogen-bond donors (Lipinski definition) is 0. The number of sulfonamides is 1. The Bertz CT molecular complexity index is 760. The maximum atomic E-state index is 13.0. The van der Waals surface area contributed by atoms with Gasteiger partial charge in [0.1, 0.15) is 5.69 Å². The number of fused-ring (bicyclic) bond motifs is 1. The van der Waals surface area contributed by atoms with Gasteiger partial charge in [-0.2, -0.15) is 5.10 Å². The second-order valence-electron chi connectivity index (χ2n) is 7.38. The normalized spacial score (nSPS) is 25.0. The van der Waals surface area contributed by atoms with Gasteiger partial charge in [0.2, 0.25) is 10.0 Å². The van der Waals surface area contributed by atoms with E-state index >= 15 is 0 Å². The quantitative estimate of drug-likeness (QED) is 0.781. The van der Waals surface area contributed by atoms with Crippen molar-refractivity contribution in [1.29, 1.82) is 0 Å². The van der Waals surface area contributed by atoms with Crippen molar-refractivity contribution in [1.82, 2.24) is 14.1 Å². The van der Waals surface area contributed by atoms with Crippen molar-refractivity contribution in [3.05, 3.63) is 17.0 Å². The summed E-state index contributed by atoms with van der Waals surface area (Å²) >= 11 is 0. The van der Waals surface area contributed by atoms with Crippen molar-refractivity contribution in [3.63, 3.8) is 0 Å². The second-order valence-corrected chi connectivity index (χ2v) is 9.27. The molecule has 1 spiro atoms. The second kappa shape index (κ2) is 5.06. The van der Waals surface area contributed by atoms with Gasteiger partial charge in [-0.3, -0.25) is 9.48 Å². The molecule has 1 saturated carbocycles. The van der Waals surface area contributed by atoms with Gasteiger partial charge in [0, 0.05) is 24.6 Å². The molecule has 2 heterocycles. The lowest BCUT2D eigenvalue weighted by atomic mass is 9.88. The van der Waals surface area contributed by atoms with Crippen LogP contribution < -0.4 is 0 Å². The highest BCUT2D eigenvalue weighted by molar-refractivity contribution is 7.89. The van der Waals surface area contributed by atoms with Crippen LogP contribution in [0, 0.1) is 5.41 Å². The molecule has 4 rings (SSSR count). The molecule has 3 aliphatic rings. The fraction of sp³-hybridized carbons (Fsp3) is 0.750. The Hall–Kier alpha value is -1.37. The monoisotopic (exact) mass is 337 g/mol. The minimum absolute atomic E-state index is 0.131. The Morgan fingerprint density at radius 2 is 1.83 bits per heavy atom. The summed E-state index contributed by atoms with van der Waals surface area (Å²) in [4.78, 5) is 13.0. The zero-order valence-electron chi connectivity index (χ0n) is 13.5. The van der Waals surface area contributed by atoms with Crippen molar-refractivity contribution < 1.29 is 13.2 Å². The number of carbonyl (C=O) groups excluding carboxylic acids is 1. The van der Waals surface area contributed by atoms with E-state index in [1.165, 1.54) is 0 Å². The smallest absolute Gasteiger partial charge is 0.266 e. The van der Waals surface area contributed by atoms with Crippen molar-refractivity contribution in [2.75, 3.05) is 12.3 Å². The van der Waals surface area contributed by atoms with Gasteiger partial charge in [0.25, 0.3) is 5.91 Å². The van der Waals surface area contributed by atoms with Crippen molar-refractivity contribution in [2.24, 2.45) is 12.5 Å². The van der Waals surface area contributed by atoms with E-state index in [1.807, 2.05) is 0 Å². The van der Waals surface area contributed by atoms with E-state index in [0.29, 0.717) is 12.2 Å². The molecule has 1 saturated heterocycles. The van der Waals surface area contributed by atoms with Crippen LogP contribution in [-0.4, -0.2) is 40.7 Å². The Morgan fingerprint density at radius 1 is 1.13 bits per heavy atom. The summed E-state index contributed by atoms with van der Waals surface area (Å²) in [7, 11) is -1.76. The molecule has 1 amide bonds. The van der Waals surface area contributed by atoms with Crippen LogP contribution in [0.25, 0.3) is 0 Å². The third kappa shape index (κ3) is 2.31. The zero-order valence-corrected chi connectivity index (χ0v) is 14.4. The molecule has 0 N–H and O–H groups in total. The van der Waals surface area contributed by atoms with E-state index in [0.717, 1.165) is 66.9 Å². The lowest BCUT2D eigenvalue weighted by Gasteiger charge is -2.21. The van der Waals surface area contributed by atoms with Gasteiger partial charge >= 0.3 is 0 Å². The van der Waals surface area contributed by atoms with Crippen molar-refractivity contribution >= 4 is 15.9 Å². The number of amides is 1. The molecule has 7 heteroatoms. The first-order valence-electron chi connectivity index (χ1n) is 8.51. The number of hydrogen-bond acceptors (Lipinski definition) is 4. The third-order valence-electron chi connectivity index (χ3n) is 5.72. The maximum absolute atomic E-state index is 13.0. The maximum Gasteiger partial charge on any atom is 0.285 e. The van der Waals surface area contributed by atoms with Crippen LogP contribution in [0.15, 0.2) is 0 Å². The predicted octanol–water partition coefficient (Wildman–Crippen LogP) is 1.64. The molecule has 1 aromatic heterocycles. The van der Waals surface area contributed by atoms with Gasteiger partial charge in [-0.15, -0.1) is 0 Å². The van der Waals surface area contributed by atoms with Crippen LogP contribution in [0.3, 0.4) is 0 Å². The molecule has 0 unspecified atom stereocenters. The highest BCUT2D eigenvalue weighted by Gasteiger charge is 2.51. The standard InChI is InChI=1S/C16H23N3O3S/c1-18-14(12-6-2-3-7-13(12)17-18)15(20)19-10-16(8-4-5-9-16)11-23(19,21)22/h2-11H2,1H3. The minimum Gasteiger partial charge on any atom is -0.266 e. The SMILES string of the molecule is Cn1nc2c(c1C(=O)N1CC3(CCCC3)CS1(=O)=O)CCCC2. The molecule has 0 bridgehead atoms. The van der Waals surface area contributed by atoms with E-state index < -0.39 is 10.0 Å². The van der Waals surface area contributed by atoms with Gasteiger partial charge in [-0.25, -0.2) is 12.7 Å². The van der Waals surface area contributed by atoms with Gasteiger partial charge in [-0.05, 0) is 38.5 Å². The van der Waals surface area contributed by atoms with E-state index in [2.05, 4.69) is 5.10 Å². The molecule has 2 fully saturated rings. The van der Waals surface area contributed by atoms with Gasteiger partial charge in [0.15, 0.2) is 0 Å². The number of nitrogens with zero attached hydrogens (tertiary/aromatic N) is 3. The Kier molecular flexibility index (Phi) is 3.34. The molecule has 1 aliphatic heterocycles. The fourth-order valence-electron chi connectivity index (χ4n) is 4.61. The summed E-state index contributed by atoms with van der Waals surface area (Å²) in [6.45, 7) is 0.355. The van der Waals surface area contributed by atoms with Gasteiger partial charge in [-0.1, -0.05) is 12.8 Å². The first-order chi connectivity index (χ1) is 10.9. The zero-order chi connectivity index (χ0) is 16.2. The van der Waals surface area contributed by atoms with Crippen molar-refractivity contribution in [2.45, 2.75) is 51.4 Å². The number of carbonyl (C=O) groups is 1. The molecule has 0 atom stereocenters. The van der Waals surface area contributed by atoms with E-state index in [-0.39, 0.29) is 17.1 Å². The molecular weight excluding hydrogens is 314 g/mol. The first-order valence-corrected chi connectivity index (χ1v) is 10.1. The fourth-order valence-corrected chi connectivity index (χ4v) is 6.73. The molecule has 6 nitrogen and oxygen atoms in total. The van der Waals surface area contributed by atoms with E-state index in [1.54, 1.807) is 11.7 Å². The molecule has 126 valence electrons. The van der Waals surface area contributed by atoms with Crippen LogP contribution in [0.5, 0.6) is 0 Å². The lowest BCUT2D eigenvalue weighted by molar-refractivity contribution is 0.0832. The summed E-state index contributed by atoms with van der Waals surface area (Å²) in [5.74, 6) is -0.238. The number of aryl methyl sites for hydroxylation is 2. The Labute approximate surface area is 136 Å². The van der Waals surface area contributed by atoms with Crippen molar-refractivity contribution in [3.8, 4) is 0 Å². The molecule has 0 radical (unpaired) electrons. The van der Waals surface area contributed by atoms with Gasteiger partial charge in [0.05, 0.1) is 11.4 Å². The Morgan fingerprint density at radius 3 is 2.57 bits per heavy atom. The molecule has 1 aromatic rings. The van der Waals surface area contributed by atoms with Crippen LogP contribution in [-0.2, 0) is 29.9 Å². The number of aromatic nitrogens is 2. The highest BCUT2D eigenvalue weighted by atomic mass is 32.2. The topological polar surface area (TPSA) is 72.3 Å². The lowest BCUT2D eigenvalue weighted by Crippen LogP contribution is -2.35. The van der Waals surface area contributed by atoms with Gasteiger partial charge < -0.3 is 0 Å². The summed E-state index contributed by atoms with van der Waals surface area (Å²) in [5.41, 5.74) is 2.21. The summed E-state index contributed by atoms with van der Waals surface area (Å²) < 4.78 is 28.0. The summed E-state index contributed by atoms with van der Waals surface area (Å²) in [6, 6.07) is 0. The predicted molar refractivity (Wildman–Crippen MR) is 85.6 cm³/mol. The largest absolute Gasteiger partial charge is 0.285 e. The minimum atomic E-state index is -3.50. The summed E-state index contributed by atoms with van der Waals surface area (Å²) in [5, 5.41) is 4.45. The molecule has 2 aliphatic carbocycles. The van der Waals surface area contributed by atoms with E-state index in [4.69, 9.17) is 0 Å². The molecular formula is C16H23N3O3S. The first kappa shape index (κ1) is 15.2. The average Bonchev–Trinajstić information content (AvgIpc) is 3.14. The third-order valence-corrected chi connectivity index (χ3v) is 7.66. The van der Waals surface area contributed by atoms with Crippen LogP contribution in [0.1, 0.15) is 60.3 Å². The Balaban J connectivity index is 1.71. The highest BCUT2D eigenvalue weighted by Crippen LogP contribution is 2.45. The summed E-state index contributed by atoms with van der Waals surface area (Å²) in [6.07, 6.45) is 7.80. The molecule has 0 aromatic carbocycles. The average molecular weight is 337 g/mol. The van der Waals surface area contributed by atoms with E-state index in [9.17, 15) is 13.2 Å².